The molecule has 1 heterocycles. The number of thiazole rings is 1. The second-order valence-electron chi connectivity index (χ2n) is 3.04. The van der Waals surface area contributed by atoms with Gasteiger partial charge in [0.2, 0.25) is 0 Å². The van der Waals surface area contributed by atoms with Crippen LogP contribution < -0.4 is 5.73 Å². The Bertz CT molecular complexity index is 465. The van der Waals surface area contributed by atoms with Crippen molar-refractivity contribution in [2.75, 3.05) is 5.73 Å². The lowest BCUT2D eigenvalue weighted by Gasteiger charge is -2.03. The predicted octanol–water partition coefficient (Wildman–Crippen LogP) is 2.41. The highest BCUT2D eigenvalue weighted by Crippen LogP contribution is 2.32. The predicted molar refractivity (Wildman–Crippen MR) is 58.4 cm³/mol. The van der Waals surface area contributed by atoms with Crippen LogP contribution in [0.15, 0.2) is 23.6 Å². The van der Waals surface area contributed by atoms with E-state index in [1.165, 1.54) is 11.3 Å². The van der Waals surface area contributed by atoms with Gasteiger partial charge in [0.05, 0.1) is 5.69 Å². The number of benzene rings is 1. The summed E-state index contributed by atoms with van der Waals surface area (Å²) in [6.07, 6.45) is 0. The van der Waals surface area contributed by atoms with Gasteiger partial charge in [0, 0.05) is 10.9 Å². The van der Waals surface area contributed by atoms with Crippen molar-refractivity contribution >= 4 is 16.5 Å². The second kappa shape index (κ2) is 3.31. The second-order valence-corrected chi connectivity index (χ2v) is 3.93. The van der Waals surface area contributed by atoms with E-state index in [2.05, 4.69) is 4.98 Å². The minimum atomic E-state index is 0.276. The number of anilines is 1. The number of rotatable bonds is 1. The minimum Gasteiger partial charge on any atom is -0.507 e. The zero-order valence-corrected chi connectivity index (χ0v) is 8.51. The molecule has 0 saturated heterocycles. The number of aromatic nitrogens is 1. The smallest absolute Gasteiger partial charge is 0.180 e. The summed E-state index contributed by atoms with van der Waals surface area (Å²) in [4.78, 5) is 4.12. The quantitative estimate of drug-likeness (QED) is 0.753. The normalized spacial score (nSPS) is 10.4. The van der Waals surface area contributed by atoms with Crippen molar-refractivity contribution in [2.45, 2.75) is 6.92 Å². The minimum absolute atomic E-state index is 0.276. The summed E-state index contributed by atoms with van der Waals surface area (Å²) in [5.74, 6) is 0.276. The Morgan fingerprint density at radius 1 is 1.43 bits per heavy atom. The molecule has 2 rings (SSSR count). The number of phenolic OH excluding ortho intramolecular Hbond substituents is 1. The van der Waals surface area contributed by atoms with Crippen molar-refractivity contribution in [2.24, 2.45) is 0 Å². The van der Waals surface area contributed by atoms with E-state index >= 15 is 0 Å². The van der Waals surface area contributed by atoms with Gasteiger partial charge in [-0.15, -0.1) is 11.3 Å². The highest BCUT2D eigenvalue weighted by atomic mass is 32.1. The molecule has 72 valence electrons. The molecule has 0 atom stereocenters. The first-order valence-electron chi connectivity index (χ1n) is 4.18. The Balaban J connectivity index is 2.57. The molecule has 1 aromatic heterocycles. The summed E-state index contributed by atoms with van der Waals surface area (Å²) >= 11 is 1.37. The Kier molecular flexibility index (Phi) is 2.13. The fraction of sp³-hybridized carbons (Fsp3) is 0.100. The maximum Gasteiger partial charge on any atom is 0.180 e. The Morgan fingerprint density at radius 3 is 2.86 bits per heavy atom. The molecule has 0 saturated carbocycles. The molecule has 0 spiro atoms. The average molecular weight is 206 g/mol. The molecule has 0 radical (unpaired) electrons. The number of nitrogens with two attached hydrogens (primary N) is 1. The number of aryl methyl sites for hydroxylation is 1. The van der Waals surface area contributed by atoms with Crippen molar-refractivity contribution in [3.63, 3.8) is 0 Å². The van der Waals surface area contributed by atoms with Gasteiger partial charge in [-0.25, -0.2) is 4.98 Å². The number of para-hydroxylation sites is 1. The first-order chi connectivity index (χ1) is 6.68. The molecule has 1 aromatic carbocycles. The lowest BCUT2D eigenvalue weighted by molar-refractivity contribution is 0.473. The lowest BCUT2D eigenvalue weighted by Crippen LogP contribution is -1.84. The van der Waals surface area contributed by atoms with Crippen LogP contribution in [0.3, 0.4) is 0 Å². The van der Waals surface area contributed by atoms with E-state index < -0.39 is 0 Å². The molecule has 0 unspecified atom stereocenters. The van der Waals surface area contributed by atoms with Gasteiger partial charge in [-0.1, -0.05) is 12.1 Å². The molecule has 14 heavy (non-hydrogen) atoms. The van der Waals surface area contributed by atoms with Gasteiger partial charge in [-0.3, -0.25) is 0 Å². The topological polar surface area (TPSA) is 59.1 Å². The summed E-state index contributed by atoms with van der Waals surface area (Å²) < 4.78 is 0. The van der Waals surface area contributed by atoms with E-state index in [1.54, 1.807) is 0 Å². The van der Waals surface area contributed by atoms with Crippen molar-refractivity contribution in [1.82, 2.24) is 4.98 Å². The molecule has 0 aliphatic heterocycles. The zero-order chi connectivity index (χ0) is 10.1. The first-order valence-corrected chi connectivity index (χ1v) is 5.06. The van der Waals surface area contributed by atoms with Crippen molar-refractivity contribution in [3.05, 3.63) is 29.1 Å². The summed E-state index contributed by atoms with van der Waals surface area (Å²) in [6, 6.07) is 5.57. The van der Waals surface area contributed by atoms with Gasteiger partial charge in [-0.2, -0.15) is 0 Å². The van der Waals surface area contributed by atoms with Crippen LogP contribution in [0.1, 0.15) is 5.56 Å². The molecule has 3 N–H and O–H groups in total. The van der Waals surface area contributed by atoms with Crippen LogP contribution in [0.5, 0.6) is 5.75 Å². The van der Waals surface area contributed by atoms with Gasteiger partial charge in [-0.05, 0) is 18.6 Å². The summed E-state index contributed by atoms with van der Waals surface area (Å²) in [5.41, 5.74) is 7.84. The maximum absolute atomic E-state index is 9.78. The van der Waals surface area contributed by atoms with E-state index in [4.69, 9.17) is 5.73 Å². The number of phenols is 1. The molecule has 0 aliphatic carbocycles. The Morgan fingerprint density at radius 2 is 2.21 bits per heavy atom. The first kappa shape index (κ1) is 9.02. The fourth-order valence-corrected chi connectivity index (χ4v) is 1.84. The Labute approximate surface area is 85.8 Å². The number of hydrogen-bond donors (Lipinski definition) is 2. The van der Waals surface area contributed by atoms with E-state index in [1.807, 2.05) is 30.5 Å². The lowest BCUT2D eigenvalue weighted by atomic mass is 10.1. The largest absolute Gasteiger partial charge is 0.507 e. The molecule has 0 amide bonds. The summed E-state index contributed by atoms with van der Waals surface area (Å²) in [5, 5.41) is 12.1. The van der Waals surface area contributed by atoms with Crippen molar-refractivity contribution in [1.29, 1.82) is 0 Å². The van der Waals surface area contributed by atoms with Gasteiger partial charge in [0.1, 0.15) is 5.75 Å². The van der Waals surface area contributed by atoms with Gasteiger partial charge >= 0.3 is 0 Å². The number of aromatic hydroxyl groups is 1. The van der Waals surface area contributed by atoms with Crippen LogP contribution in [-0.2, 0) is 0 Å². The molecule has 2 aromatic rings. The van der Waals surface area contributed by atoms with Crippen LogP contribution in [0, 0.1) is 6.92 Å². The van der Waals surface area contributed by atoms with Gasteiger partial charge < -0.3 is 10.8 Å². The van der Waals surface area contributed by atoms with Gasteiger partial charge in [0.25, 0.3) is 0 Å². The maximum atomic E-state index is 9.78. The number of nitrogen functional groups attached to an aromatic ring is 1. The van der Waals surface area contributed by atoms with Crippen LogP contribution in [0.25, 0.3) is 11.3 Å². The molecule has 0 fully saturated rings. The summed E-state index contributed by atoms with van der Waals surface area (Å²) in [6.45, 7) is 1.86. The van der Waals surface area contributed by atoms with E-state index in [-0.39, 0.29) is 5.75 Å². The Hall–Kier alpha value is -1.55. The third-order valence-electron chi connectivity index (χ3n) is 2.04. The van der Waals surface area contributed by atoms with Crippen LogP contribution in [0.4, 0.5) is 5.13 Å². The number of nitrogens with zero attached hydrogens (tertiary/aromatic N) is 1. The van der Waals surface area contributed by atoms with E-state index in [0.29, 0.717) is 5.13 Å². The summed E-state index contributed by atoms with van der Waals surface area (Å²) in [7, 11) is 0. The highest BCUT2D eigenvalue weighted by molar-refractivity contribution is 7.13. The molecule has 0 bridgehead atoms. The fourth-order valence-electron chi connectivity index (χ4n) is 1.28. The standard InChI is InChI=1S/C10H10N2OS/c1-6-3-2-4-7(9(6)13)8-5-14-10(11)12-8/h2-5,13H,1H3,(H2,11,12). The van der Waals surface area contributed by atoms with Gasteiger partial charge in [0.15, 0.2) is 5.13 Å². The van der Waals surface area contributed by atoms with Crippen LogP contribution in [0.2, 0.25) is 0 Å². The van der Waals surface area contributed by atoms with Crippen LogP contribution >= 0.6 is 11.3 Å². The highest BCUT2D eigenvalue weighted by Gasteiger charge is 2.08. The van der Waals surface area contributed by atoms with Crippen molar-refractivity contribution < 1.29 is 5.11 Å². The van der Waals surface area contributed by atoms with E-state index in [0.717, 1.165) is 16.8 Å². The zero-order valence-electron chi connectivity index (χ0n) is 7.69. The molecular weight excluding hydrogens is 196 g/mol. The third-order valence-corrected chi connectivity index (χ3v) is 2.71. The molecular formula is C10H10N2OS. The third kappa shape index (κ3) is 1.44. The SMILES string of the molecule is Cc1cccc(-c2csc(N)n2)c1O. The molecule has 3 nitrogen and oxygen atoms in total. The van der Waals surface area contributed by atoms with E-state index in [9.17, 15) is 5.11 Å². The monoisotopic (exact) mass is 206 g/mol. The molecule has 4 heteroatoms. The average Bonchev–Trinajstić information content (AvgIpc) is 2.57. The van der Waals surface area contributed by atoms with Crippen molar-refractivity contribution in [3.8, 4) is 17.0 Å². The van der Waals surface area contributed by atoms with Crippen LogP contribution in [-0.4, -0.2) is 10.1 Å². The molecule has 0 aliphatic rings. The number of hydrogen-bond acceptors (Lipinski definition) is 4.